The lowest BCUT2D eigenvalue weighted by Gasteiger charge is -2.05. The molecule has 28 heavy (non-hydrogen) atoms. The van der Waals surface area contributed by atoms with E-state index in [1.54, 1.807) is 11.4 Å². The lowest BCUT2D eigenvalue weighted by atomic mass is 10.2. The van der Waals surface area contributed by atoms with Gasteiger partial charge in [-0.1, -0.05) is 23.5 Å². The lowest BCUT2D eigenvalue weighted by Crippen LogP contribution is -2.09. The molecule has 0 saturated carbocycles. The van der Waals surface area contributed by atoms with Crippen molar-refractivity contribution >= 4 is 43.9 Å². The SMILES string of the molecule is Cc1cccc2sc(NC(=O)c3cc(COc4ccc(F)cc4F)cs3)nc12. The first-order chi connectivity index (χ1) is 13.5. The van der Waals surface area contributed by atoms with Gasteiger partial charge in [-0.2, -0.15) is 0 Å². The van der Waals surface area contributed by atoms with Crippen molar-refractivity contribution in [3.05, 3.63) is 75.5 Å². The van der Waals surface area contributed by atoms with Crippen LogP contribution in [-0.2, 0) is 6.61 Å². The highest BCUT2D eigenvalue weighted by molar-refractivity contribution is 7.22. The fourth-order valence-corrected chi connectivity index (χ4v) is 4.35. The normalized spacial score (nSPS) is 11.0. The zero-order chi connectivity index (χ0) is 19.7. The Morgan fingerprint density at radius 1 is 1.21 bits per heavy atom. The van der Waals surface area contributed by atoms with E-state index in [0.717, 1.165) is 33.5 Å². The van der Waals surface area contributed by atoms with Gasteiger partial charge in [0, 0.05) is 11.6 Å². The molecule has 2 heterocycles. The summed E-state index contributed by atoms with van der Waals surface area (Å²) in [4.78, 5) is 17.4. The van der Waals surface area contributed by atoms with Gasteiger partial charge in [-0.05, 0) is 42.1 Å². The van der Waals surface area contributed by atoms with Gasteiger partial charge in [0.25, 0.3) is 5.91 Å². The van der Waals surface area contributed by atoms with Gasteiger partial charge in [0.05, 0.1) is 15.1 Å². The van der Waals surface area contributed by atoms with Crippen molar-refractivity contribution in [1.29, 1.82) is 0 Å². The van der Waals surface area contributed by atoms with Crippen LogP contribution in [0.25, 0.3) is 10.2 Å². The maximum atomic E-state index is 13.6. The van der Waals surface area contributed by atoms with Crippen molar-refractivity contribution in [2.45, 2.75) is 13.5 Å². The van der Waals surface area contributed by atoms with Gasteiger partial charge in [0.15, 0.2) is 16.7 Å². The number of thiazole rings is 1. The molecule has 0 saturated heterocycles. The van der Waals surface area contributed by atoms with Crippen LogP contribution >= 0.6 is 22.7 Å². The number of carbonyl (C=O) groups excluding carboxylic acids is 1. The highest BCUT2D eigenvalue weighted by atomic mass is 32.1. The number of thiophene rings is 1. The maximum Gasteiger partial charge on any atom is 0.267 e. The van der Waals surface area contributed by atoms with E-state index in [4.69, 9.17) is 4.74 Å². The average Bonchev–Trinajstić information content (AvgIpc) is 3.28. The maximum absolute atomic E-state index is 13.6. The van der Waals surface area contributed by atoms with Gasteiger partial charge in [-0.15, -0.1) is 11.3 Å². The van der Waals surface area contributed by atoms with Gasteiger partial charge in [-0.3, -0.25) is 10.1 Å². The minimum Gasteiger partial charge on any atom is -0.486 e. The molecule has 0 atom stereocenters. The largest absolute Gasteiger partial charge is 0.486 e. The predicted molar refractivity (Wildman–Crippen MR) is 107 cm³/mol. The number of hydrogen-bond acceptors (Lipinski definition) is 5. The molecule has 8 heteroatoms. The first kappa shape index (κ1) is 18.5. The Hall–Kier alpha value is -2.84. The summed E-state index contributed by atoms with van der Waals surface area (Å²) >= 11 is 2.68. The topological polar surface area (TPSA) is 51.2 Å². The standard InChI is InChI=1S/C20H14F2N2O2S2/c1-11-3-2-4-16-18(11)23-20(28-16)24-19(25)17-7-12(10-27-17)9-26-15-6-5-13(21)8-14(15)22/h2-8,10H,9H2,1H3,(H,23,24,25). The summed E-state index contributed by atoms with van der Waals surface area (Å²) in [6.07, 6.45) is 0. The molecule has 2 aromatic heterocycles. The van der Waals surface area contributed by atoms with Crippen LogP contribution in [0.3, 0.4) is 0 Å². The zero-order valence-corrected chi connectivity index (χ0v) is 16.3. The third-order valence-electron chi connectivity index (χ3n) is 4.01. The third-order valence-corrected chi connectivity index (χ3v) is 5.92. The molecular weight excluding hydrogens is 402 g/mol. The summed E-state index contributed by atoms with van der Waals surface area (Å²) in [6.45, 7) is 2.05. The number of para-hydroxylation sites is 1. The molecular formula is C20H14F2N2O2S2. The van der Waals surface area contributed by atoms with E-state index >= 15 is 0 Å². The second-order valence-electron chi connectivity index (χ2n) is 6.08. The van der Waals surface area contributed by atoms with Crippen molar-refractivity contribution in [3.63, 3.8) is 0 Å². The second kappa shape index (κ2) is 7.65. The molecule has 0 aliphatic heterocycles. The Labute approximate surface area is 167 Å². The first-order valence-electron chi connectivity index (χ1n) is 8.32. The van der Waals surface area contributed by atoms with Gasteiger partial charge in [-0.25, -0.2) is 13.8 Å². The number of benzene rings is 2. The molecule has 4 rings (SSSR count). The van der Waals surface area contributed by atoms with Crippen LogP contribution in [0.5, 0.6) is 5.75 Å². The Balaban J connectivity index is 1.42. The molecule has 0 aliphatic rings. The summed E-state index contributed by atoms with van der Waals surface area (Å²) in [5.41, 5.74) is 2.65. The zero-order valence-electron chi connectivity index (χ0n) is 14.7. The Morgan fingerprint density at radius 3 is 2.86 bits per heavy atom. The van der Waals surface area contributed by atoms with Gasteiger partial charge < -0.3 is 4.74 Å². The number of fused-ring (bicyclic) bond motifs is 1. The molecule has 0 aliphatic carbocycles. The number of nitrogens with zero attached hydrogens (tertiary/aromatic N) is 1. The minimum atomic E-state index is -0.765. The van der Waals surface area contributed by atoms with Crippen molar-refractivity contribution in [2.75, 3.05) is 5.32 Å². The highest BCUT2D eigenvalue weighted by Crippen LogP contribution is 2.29. The van der Waals surface area contributed by atoms with E-state index in [9.17, 15) is 13.6 Å². The highest BCUT2D eigenvalue weighted by Gasteiger charge is 2.14. The van der Waals surface area contributed by atoms with Crippen molar-refractivity contribution in [3.8, 4) is 5.75 Å². The molecule has 142 valence electrons. The fourth-order valence-electron chi connectivity index (χ4n) is 2.62. The molecule has 2 aromatic carbocycles. The molecule has 4 nitrogen and oxygen atoms in total. The summed E-state index contributed by atoms with van der Waals surface area (Å²) in [5.74, 6) is -1.73. The number of ether oxygens (including phenoxy) is 1. The molecule has 1 N–H and O–H groups in total. The van der Waals surface area contributed by atoms with Crippen LogP contribution in [0.2, 0.25) is 0 Å². The number of aromatic nitrogens is 1. The second-order valence-corrected chi connectivity index (χ2v) is 8.02. The Morgan fingerprint density at radius 2 is 2.07 bits per heavy atom. The van der Waals surface area contributed by atoms with E-state index < -0.39 is 11.6 Å². The van der Waals surface area contributed by atoms with E-state index in [1.807, 2.05) is 25.1 Å². The van der Waals surface area contributed by atoms with Crippen LogP contribution in [0.1, 0.15) is 20.8 Å². The van der Waals surface area contributed by atoms with Crippen LogP contribution in [0, 0.1) is 18.6 Å². The number of nitrogens with one attached hydrogen (secondary N) is 1. The monoisotopic (exact) mass is 416 g/mol. The summed E-state index contributed by atoms with van der Waals surface area (Å²) in [5, 5.41) is 5.11. The molecule has 4 aromatic rings. The molecule has 0 radical (unpaired) electrons. The smallest absolute Gasteiger partial charge is 0.267 e. The average molecular weight is 416 g/mol. The van der Waals surface area contributed by atoms with Gasteiger partial charge in [0.1, 0.15) is 12.4 Å². The first-order valence-corrected chi connectivity index (χ1v) is 10.0. The van der Waals surface area contributed by atoms with E-state index in [1.165, 1.54) is 28.7 Å². The number of rotatable bonds is 5. The van der Waals surface area contributed by atoms with Gasteiger partial charge in [0.2, 0.25) is 0 Å². The quantitative estimate of drug-likeness (QED) is 0.449. The molecule has 0 bridgehead atoms. The summed E-state index contributed by atoms with van der Waals surface area (Å²) in [7, 11) is 0. The van der Waals surface area contributed by atoms with E-state index in [-0.39, 0.29) is 18.3 Å². The number of halogens is 2. The molecule has 0 unspecified atom stereocenters. The number of aryl methyl sites for hydroxylation is 1. The minimum absolute atomic E-state index is 0.0385. The predicted octanol–water partition coefficient (Wildman–Crippen LogP) is 5.78. The number of amides is 1. The van der Waals surface area contributed by atoms with Crippen molar-refractivity contribution < 1.29 is 18.3 Å². The van der Waals surface area contributed by atoms with Crippen LogP contribution in [-0.4, -0.2) is 10.9 Å². The summed E-state index contributed by atoms with van der Waals surface area (Å²) < 4.78 is 32.9. The van der Waals surface area contributed by atoms with Crippen molar-refractivity contribution in [1.82, 2.24) is 4.98 Å². The van der Waals surface area contributed by atoms with E-state index in [2.05, 4.69) is 10.3 Å². The lowest BCUT2D eigenvalue weighted by molar-refractivity contribution is 0.103. The molecule has 0 fully saturated rings. The van der Waals surface area contributed by atoms with Crippen molar-refractivity contribution in [2.24, 2.45) is 0 Å². The van der Waals surface area contributed by atoms with Crippen LogP contribution < -0.4 is 10.1 Å². The van der Waals surface area contributed by atoms with Crippen LogP contribution in [0.4, 0.5) is 13.9 Å². The fraction of sp³-hybridized carbons (Fsp3) is 0.100. The Kier molecular flexibility index (Phi) is 5.06. The number of hydrogen-bond donors (Lipinski definition) is 1. The number of carbonyl (C=O) groups is 1. The third kappa shape index (κ3) is 3.88. The van der Waals surface area contributed by atoms with E-state index in [0.29, 0.717) is 10.0 Å². The van der Waals surface area contributed by atoms with Crippen LogP contribution in [0.15, 0.2) is 47.8 Å². The Bertz CT molecular complexity index is 1170. The number of anilines is 1. The van der Waals surface area contributed by atoms with Gasteiger partial charge >= 0.3 is 0 Å². The molecule has 1 amide bonds. The molecule has 0 spiro atoms. The summed E-state index contributed by atoms with van der Waals surface area (Å²) in [6, 6.07) is 10.7.